The first-order chi connectivity index (χ1) is 26.3. The van der Waals surface area contributed by atoms with E-state index in [4.69, 9.17) is 52.5 Å². The fraction of sp³-hybridized carbons (Fsp3) is 0.758. The molecule has 1 aromatic rings. The number of aliphatic carboxylic acids is 1. The van der Waals surface area contributed by atoms with Crippen LogP contribution in [0.3, 0.4) is 0 Å². The van der Waals surface area contributed by atoms with Gasteiger partial charge in [-0.15, -0.1) is 0 Å². The van der Waals surface area contributed by atoms with Gasteiger partial charge in [-0.05, 0) is 12.5 Å². The second-order valence-electron chi connectivity index (χ2n) is 10.9. The number of carboxylic acids is 1. The Labute approximate surface area is 314 Å². The third-order valence-electron chi connectivity index (χ3n) is 6.65. The lowest BCUT2D eigenvalue weighted by molar-refractivity contribution is -0.393. The zero-order valence-corrected chi connectivity index (χ0v) is 30.8. The number of nitro benzene ring substituents is 2. The number of carbonyl (C=O) groups excluding carboxylic acids is 1. The van der Waals surface area contributed by atoms with Gasteiger partial charge in [-0.1, -0.05) is 0 Å². The zero-order valence-electron chi connectivity index (χ0n) is 30.8. The van der Waals surface area contributed by atoms with Gasteiger partial charge < -0.3 is 63.1 Å². The van der Waals surface area contributed by atoms with Crippen LogP contribution in [-0.2, 0) is 57.0 Å². The van der Waals surface area contributed by atoms with Crippen molar-refractivity contribution < 1.29 is 71.9 Å². The summed E-state index contributed by atoms with van der Waals surface area (Å²) in [5.74, 6) is -1.27. The van der Waals surface area contributed by atoms with E-state index in [-0.39, 0.29) is 49.0 Å². The number of carbonyl (C=O) groups is 2. The molecule has 21 nitrogen and oxygen atoms in total. The largest absolute Gasteiger partial charge is 0.481 e. The molecule has 1 rings (SSSR count). The van der Waals surface area contributed by atoms with Gasteiger partial charge >= 0.3 is 5.97 Å². The Balaban J connectivity index is 1.71. The Morgan fingerprint density at radius 2 is 0.926 bits per heavy atom. The lowest BCUT2D eigenvalue weighted by Gasteiger charge is -2.09. The number of nitrogens with one attached hydrogen (secondary N) is 2. The molecular weight excluding hydrogens is 724 g/mol. The van der Waals surface area contributed by atoms with Crippen LogP contribution >= 0.6 is 0 Å². The number of nitro groups is 2. The summed E-state index contributed by atoms with van der Waals surface area (Å²) >= 11 is 0. The molecular formula is C33H56N4O17. The zero-order chi connectivity index (χ0) is 39.3. The molecule has 0 bridgehead atoms. The Morgan fingerprint density at radius 1 is 0.537 bits per heavy atom. The first-order valence-corrected chi connectivity index (χ1v) is 17.7. The van der Waals surface area contributed by atoms with E-state index in [1.807, 2.05) is 0 Å². The molecule has 0 radical (unpaired) electrons. The van der Waals surface area contributed by atoms with E-state index >= 15 is 0 Å². The molecule has 310 valence electrons. The first-order valence-electron chi connectivity index (χ1n) is 17.7. The molecule has 0 aliphatic rings. The Hall–Kier alpha value is -3.64. The van der Waals surface area contributed by atoms with Crippen LogP contribution in [0.4, 0.5) is 17.1 Å². The smallest absolute Gasteiger partial charge is 0.303 e. The molecule has 21 heteroatoms. The number of carboxylic acid groups (broad SMARTS) is 1. The highest BCUT2D eigenvalue weighted by Crippen LogP contribution is 2.28. The molecule has 0 atom stereocenters. The molecule has 0 fully saturated rings. The quantitative estimate of drug-likeness (QED) is 0.0484. The van der Waals surface area contributed by atoms with Crippen molar-refractivity contribution in [1.29, 1.82) is 0 Å². The van der Waals surface area contributed by atoms with Crippen molar-refractivity contribution >= 4 is 28.9 Å². The fourth-order valence-corrected chi connectivity index (χ4v) is 3.98. The standard InChI is InChI=1S/C33H56N4O17/c38-32(4-5-33(39)40)35-6-1-8-45-10-12-47-14-16-49-18-20-51-22-24-53-26-27-54-25-23-52-21-19-50-17-15-48-13-11-46-9-7-34-30-3-2-29(36(41)42)28-31(30)37(43)44/h2-3,28,34H,1,4-27H2,(H,35,38)(H,39,40). The highest BCUT2D eigenvalue weighted by atomic mass is 16.6. The van der Waals surface area contributed by atoms with E-state index in [9.17, 15) is 29.8 Å². The molecule has 0 saturated carbocycles. The summed E-state index contributed by atoms with van der Waals surface area (Å²) in [5, 5.41) is 36.0. The van der Waals surface area contributed by atoms with Gasteiger partial charge in [0, 0.05) is 32.2 Å². The second kappa shape index (κ2) is 35.1. The number of hydrogen-bond donors (Lipinski definition) is 3. The van der Waals surface area contributed by atoms with E-state index in [2.05, 4.69) is 10.6 Å². The SMILES string of the molecule is O=C(O)CCC(=O)NCCCOCCOCCOCCOCCOCCOCCOCCOCCOCCOCCNc1ccc([N+](=O)[O-])cc1[N+](=O)[O-]. The summed E-state index contributed by atoms with van der Waals surface area (Å²) in [7, 11) is 0. The number of amides is 1. The minimum absolute atomic E-state index is 0.0222. The van der Waals surface area contributed by atoms with Gasteiger partial charge in [0.05, 0.1) is 148 Å². The van der Waals surface area contributed by atoms with E-state index in [0.717, 1.165) is 6.07 Å². The second-order valence-corrected chi connectivity index (χ2v) is 10.9. The average molecular weight is 781 g/mol. The molecule has 0 aliphatic carbocycles. The molecule has 1 amide bonds. The number of rotatable bonds is 40. The summed E-state index contributed by atoms with van der Waals surface area (Å²) in [4.78, 5) is 42.4. The molecule has 0 heterocycles. The molecule has 0 aromatic heterocycles. The van der Waals surface area contributed by atoms with Gasteiger partial charge in [0.2, 0.25) is 5.91 Å². The molecule has 0 saturated heterocycles. The number of ether oxygens (including phenoxy) is 10. The van der Waals surface area contributed by atoms with Gasteiger partial charge in [-0.2, -0.15) is 0 Å². The van der Waals surface area contributed by atoms with Crippen molar-refractivity contribution in [3.8, 4) is 0 Å². The van der Waals surface area contributed by atoms with E-state index in [1.54, 1.807) is 0 Å². The molecule has 0 unspecified atom stereocenters. The molecule has 0 aliphatic heterocycles. The van der Waals surface area contributed by atoms with E-state index < -0.39 is 15.8 Å². The maximum atomic E-state index is 11.4. The first kappa shape index (κ1) is 48.4. The summed E-state index contributed by atoms with van der Waals surface area (Å²) in [6.45, 7) is 9.12. The van der Waals surface area contributed by atoms with Gasteiger partial charge in [0.1, 0.15) is 5.69 Å². The number of hydrogen-bond acceptors (Lipinski definition) is 17. The number of anilines is 1. The van der Waals surface area contributed by atoms with Crippen LogP contribution in [0, 0.1) is 20.2 Å². The third-order valence-corrected chi connectivity index (χ3v) is 6.65. The van der Waals surface area contributed by atoms with Crippen LogP contribution in [0.2, 0.25) is 0 Å². The van der Waals surface area contributed by atoms with Crippen LogP contribution in [0.1, 0.15) is 19.3 Å². The lowest BCUT2D eigenvalue weighted by atomic mass is 10.2. The molecule has 54 heavy (non-hydrogen) atoms. The highest BCUT2D eigenvalue weighted by molar-refractivity contribution is 5.80. The van der Waals surface area contributed by atoms with Crippen molar-refractivity contribution in [3.05, 3.63) is 38.4 Å². The highest BCUT2D eigenvalue weighted by Gasteiger charge is 2.19. The number of non-ortho nitro benzene ring substituents is 1. The maximum Gasteiger partial charge on any atom is 0.303 e. The predicted octanol–water partition coefficient (Wildman–Crippen LogP) is 1.45. The van der Waals surface area contributed by atoms with Gasteiger partial charge in [0.15, 0.2) is 0 Å². The van der Waals surface area contributed by atoms with Crippen LogP contribution in [0.25, 0.3) is 0 Å². The molecule has 1 aromatic carbocycles. The predicted molar refractivity (Wildman–Crippen MR) is 191 cm³/mol. The Bertz CT molecular complexity index is 1130. The van der Waals surface area contributed by atoms with Crippen molar-refractivity contribution in [1.82, 2.24) is 5.32 Å². The molecule has 0 spiro atoms. The van der Waals surface area contributed by atoms with Gasteiger partial charge in [-0.25, -0.2) is 0 Å². The van der Waals surface area contributed by atoms with E-state index in [0.29, 0.717) is 138 Å². The fourth-order valence-electron chi connectivity index (χ4n) is 3.98. The number of nitrogens with zero attached hydrogens (tertiary/aromatic N) is 2. The summed E-state index contributed by atoms with van der Waals surface area (Å²) in [6.07, 6.45) is 0.439. The third kappa shape index (κ3) is 29.8. The van der Waals surface area contributed by atoms with Crippen molar-refractivity contribution in [2.75, 3.05) is 151 Å². The summed E-state index contributed by atoms with van der Waals surface area (Å²) in [6, 6.07) is 3.41. The minimum Gasteiger partial charge on any atom is -0.481 e. The number of benzene rings is 1. The van der Waals surface area contributed by atoms with Crippen molar-refractivity contribution in [3.63, 3.8) is 0 Å². The van der Waals surface area contributed by atoms with Crippen LogP contribution in [0.15, 0.2) is 18.2 Å². The summed E-state index contributed by atoms with van der Waals surface area (Å²) in [5.41, 5.74) is -0.548. The van der Waals surface area contributed by atoms with E-state index in [1.165, 1.54) is 12.1 Å². The molecule has 3 N–H and O–H groups in total. The van der Waals surface area contributed by atoms with Crippen LogP contribution in [0.5, 0.6) is 0 Å². The van der Waals surface area contributed by atoms with Crippen molar-refractivity contribution in [2.45, 2.75) is 19.3 Å². The van der Waals surface area contributed by atoms with Crippen molar-refractivity contribution in [2.24, 2.45) is 0 Å². The van der Waals surface area contributed by atoms with Gasteiger partial charge in [0.25, 0.3) is 11.4 Å². The van der Waals surface area contributed by atoms with Crippen LogP contribution in [-0.4, -0.2) is 172 Å². The maximum absolute atomic E-state index is 11.4. The lowest BCUT2D eigenvalue weighted by Crippen LogP contribution is -2.25. The Kier molecular flexibility index (Phi) is 31.4. The summed E-state index contributed by atoms with van der Waals surface area (Å²) < 4.78 is 54.3. The Morgan fingerprint density at radius 3 is 1.30 bits per heavy atom. The normalized spacial score (nSPS) is 11.1. The van der Waals surface area contributed by atoms with Crippen LogP contribution < -0.4 is 10.6 Å². The van der Waals surface area contributed by atoms with Gasteiger partial charge in [-0.3, -0.25) is 29.8 Å². The topological polar surface area (TPSA) is 257 Å². The minimum atomic E-state index is -0.993. The average Bonchev–Trinajstić information content (AvgIpc) is 3.15. The monoisotopic (exact) mass is 780 g/mol.